The minimum atomic E-state index is -3.06. The Bertz CT molecular complexity index is 743. The molecule has 10 heteroatoms. The van der Waals surface area contributed by atoms with Crippen LogP contribution < -0.4 is 15.4 Å². The van der Waals surface area contributed by atoms with Gasteiger partial charge in [-0.3, -0.25) is 4.99 Å². The summed E-state index contributed by atoms with van der Waals surface area (Å²) in [4.78, 5) is 4.19. The van der Waals surface area contributed by atoms with Crippen LogP contribution in [0.1, 0.15) is 17.5 Å². The number of rotatable bonds is 9. The quantitative estimate of drug-likeness (QED) is 0.219. The first-order chi connectivity index (χ1) is 13.0. The van der Waals surface area contributed by atoms with E-state index in [2.05, 4.69) is 15.6 Å². The van der Waals surface area contributed by atoms with Crippen LogP contribution >= 0.6 is 24.0 Å². The third-order valence-corrected chi connectivity index (χ3v) is 6.25. The molecule has 1 aromatic rings. The minimum Gasteiger partial charge on any atom is -0.491 e. The van der Waals surface area contributed by atoms with Crippen LogP contribution in [0.3, 0.4) is 0 Å². The smallest absolute Gasteiger partial charge is 0.214 e. The summed E-state index contributed by atoms with van der Waals surface area (Å²) in [5.74, 6) is 1.69. The van der Waals surface area contributed by atoms with Crippen molar-refractivity contribution in [2.45, 2.75) is 19.9 Å². The van der Waals surface area contributed by atoms with Crippen LogP contribution in [-0.4, -0.2) is 71.4 Å². The van der Waals surface area contributed by atoms with Crippen LogP contribution in [0.2, 0.25) is 0 Å². The van der Waals surface area contributed by atoms with Gasteiger partial charge in [0.25, 0.3) is 0 Å². The summed E-state index contributed by atoms with van der Waals surface area (Å²) in [6, 6.07) is 6.06. The Hall–Kier alpha value is -1.11. The molecule has 0 aromatic heterocycles. The number of nitrogens with one attached hydrogen (secondary N) is 2. The molecule has 8 nitrogen and oxygen atoms in total. The van der Waals surface area contributed by atoms with Crippen molar-refractivity contribution < 1.29 is 17.9 Å². The molecule has 160 valence electrons. The topological polar surface area (TPSA) is 92.3 Å². The molecule has 1 fully saturated rings. The van der Waals surface area contributed by atoms with Crippen LogP contribution in [0.25, 0.3) is 0 Å². The third kappa shape index (κ3) is 7.72. The number of aryl methyl sites for hydroxylation is 1. The van der Waals surface area contributed by atoms with Gasteiger partial charge in [0.15, 0.2) is 5.96 Å². The molecule has 0 radical (unpaired) electrons. The monoisotopic (exact) mass is 526 g/mol. The van der Waals surface area contributed by atoms with Gasteiger partial charge in [-0.05, 0) is 25.0 Å². The molecule has 0 aliphatic carbocycles. The molecule has 0 amide bonds. The summed E-state index contributed by atoms with van der Waals surface area (Å²) < 4.78 is 36.0. The van der Waals surface area contributed by atoms with E-state index in [4.69, 9.17) is 9.47 Å². The van der Waals surface area contributed by atoms with Gasteiger partial charge >= 0.3 is 0 Å². The number of hydrogen-bond donors (Lipinski definition) is 2. The standard InChI is InChI=1S/C18H30N4O4S.HI/c1-15-5-6-16(17(13-15)26-11-10-25-3)14-21-18(19-2)20-7-9-22-8-4-12-27(22,23)24;/h5-6,13H,4,7-12,14H2,1-3H3,(H2,19,20,21);1H. The van der Waals surface area contributed by atoms with E-state index in [-0.39, 0.29) is 29.7 Å². The van der Waals surface area contributed by atoms with Gasteiger partial charge in [0.1, 0.15) is 12.4 Å². The molecule has 2 rings (SSSR count). The van der Waals surface area contributed by atoms with Gasteiger partial charge in [0.2, 0.25) is 10.0 Å². The highest BCUT2D eigenvalue weighted by Crippen LogP contribution is 2.20. The van der Waals surface area contributed by atoms with Crippen LogP contribution in [0.4, 0.5) is 0 Å². The Morgan fingerprint density at radius 1 is 1.29 bits per heavy atom. The molecule has 1 saturated heterocycles. The first kappa shape index (κ1) is 24.9. The molecule has 1 heterocycles. The number of guanidine groups is 1. The number of ether oxygens (including phenoxy) is 2. The first-order valence-corrected chi connectivity index (χ1v) is 10.7. The van der Waals surface area contributed by atoms with E-state index in [1.807, 2.05) is 25.1 Å². The van der Waals surface area contributed by atoms with Crippen LogP contribution in [-0.2, 0) is 21.3 Å². The van der Waals surface area contributed by atoms with Gasteiger partial charge in [0, 0.05) is 45.9 Å². The molecular formula is C18H31IN4O4S. The van der Waals surface area contributed by atoms with E-state index >= 15 is 0 Å². The van der Waals surface area contributed by atoms with Crippen LogP contribution in [0, 0.1) is 6.92 Å². The largest absolute Gasteiger partial charge is 0.491 e. The summed E-state index contributed by atoms with van der Waals surface area (Å²) in [7, 11) is 0.270. The van der Waals surface area contributed by atoms with Crippen molar-refractivity contribution in [1.82, 2.24) is 14.9 Å². The van der Waals surface area contributed by atoms with Crippen LogP contribution in [0.15, 0.2) is 23.2 Å². The lowest BCUT2D eigenvalue weighted by Crippen LogP contribution is -2.41. The Kier molecular flexibility index (Phi) is 11.1. The molecule has 0 saturated carbocycles. The average Bonchev–Trinajstić information content (AvgIpc) is 2.97. The zero-order chi connectivity index (χ0) is 19.7. The van der Waals surface area contributed by atoms with Crippen molar-refractivity contribution in [3.8, 4) is 5.75 Å². The van der Waals surface area contributed by atoms with Crippen molar-refractivity contribution in [3.63, 3.8) is 0 Å². The molecule has 2 N–H and O–H groups in total. The van der Waals surface area contributed by atoms with Gasteiger partial charge in [-0.15, -0.1) is 24.0 Å². The Morgan fingerprint density at radius 3 is 2.71 bits per heavy atom. The van der Waals surface area contributed by atoms with Gasteiger partial charge in [-0.25, -0.2) is 12.7 Å². The Balaban J connectivity index is 0.00000392. The second-order valence-electron chi connectivity index (χ2n) is 6.37. The van der Waals surface area contributed by atoms with Crippen molar-refractivity contribution in [2.24, 2.45) is 4.99 Å². The minimum absolute atomic E-state index is 0. The number of hydrogen-bond acceptors (Lipinski definition) is 5. The average molecular weight is 526 g/mol. The SMILES string of the molecule is CN=C(NCCN1CCCS1(=O)=O)NCc1ccc(C)cc1OCCOC.I. The number of benzene rings is 1. The molecule has 0 bridgehead atoms. The van der Waals surface area contributed by atoms with Gasteiger partial charge in [-0.2, -0.15) is 0 Å². The van der Waals surface area contributed by atoms with Gasteiger partial charge < -0.3 is 20.1 Å². The number of halogens is 1. The molecule has 0 atom stereocenters. The fourth-order valence-corrected chi connectivity index (χ4v) is 4.35. The molecule has 0 unspecified atom stereocenters. The first-order valence-electron chi connectivity index (χ1n) is 9.10. The highest BCUT2D eigenvalue weighted by Gasteiger charge is 2.27. The lowest BCUT2D eigenvalue weighted by molar-refractivity contribution is 0.145. The Morgan fingerprint density at radius 2 is 2.07 bits per heavy atom. The highest BCUT2D eigenvalue weighted by molar-refractivity contribution is 14.0. The fourth-order valence-electron chi connectivity index (χ4n) is 2.82. The fraction of sp³-hybridized carbons (Fsp3) is 0.611. The summed E-state index contributed by atoms with van der Waals surface area (Å²) in [5, 5.41) is 6.40. The number of sulfonamides is 1. The predicted molar refractivity (Wildman–Crippen MR) is 122 cm³/mol. The van der Waals surface area contributed by atoms with E-state index in [9.17, 15) is 8.42 Å². The summed E-state index contributed by atoms with van der Waals surface area (Å²) in [6.45, 7) is 5.13. The maximum Gasteiger partial charge on any atom is 0.214 e. The molecule has 1 aliphatic heterocycles. The predicted octanol–water partition coefficient (Wildman–Crippen LogP) is 1.34. The molecule has 1 aromatic carbocycles. The summed E-state index contributed by atoms with van der Waals surface area (Å²) in [6.07, 6.45) is 0.703. The number of methoxy groups -OCH3 is 1. The maximum absolute atomic E-state index is 11.8. The molecule has 1 aliphatic rings. The van der Waals surface area contributed by atoms with E-state index in [1.54, 1.807) is 14.2 Å². The number of nitrogens with zero attached hydrogens (tertiary/aromatic N) is 2. The van der Waals surface area contributed by atoms with Gasteiger partial charge in [0.05, 0.1) is 12.4 Å². The molecular weight excluding hydrogens is 495 g/mol. The summed E-state index contributed by atoms with van der Waals surface area (Å²) >= 11 is 0. The van der Waals surface area contributed by atoms with Gasteiger partial charge in [-0.1, -0.05) is 12.1 Å². The number of aliphatic imine (C=N–C) groups is 1. The van der Waals surface area contributed by atoms with E-state index in [0.29, 0.717) is 51.8 Å². The van der Waals surface area contributed by atoms with Crippen molar-refractivity contribution in [3.05, 3.63) is 29.3 Å². The van der Waals surface area contributed by atoms with E-state index in [1.165, 1.54) is 4.31 Å². The highest BCUT2D eigenvalue weighted by atomic mass is 127. The molecule has 0 spiro atoms. The Labute approximate surface area is 185 Å². The van der Waals surface area contributed by atoms with E-state index in [0.717, 1.165) is 16.9 Å². The van der Waals surface area contributed by atoms with Crippen molar-refractivity contribution >= 4 is 40.0 Å². The zero-order valence-corrected chi connectivity index (χ0v) is 19.9. The zero-order valence-electron chi connectivity index (χ0n) is 16.7. The normalized spacial score (nSPS) is 16.5. The lowest BCUT2D eigenvalue weighted by atomic mass is 10.1. The lowest BCUT2D eigenvalue weighted by Gasteiger charge is -2.17. The van der Waals surface area contributed by atoms with Crippen molar-refractivity contribution in [2.75, 3.05) is 52.8 Å². The summed E-state index contributed by atoms with van der Waals surface area (Å²) in [5.41, 5.74) is 2.14. The second kappa shape index (κ2) is 12.5. The molecule has 28 heavy (non-hydrogen) atoms. The van der Waals surface area contributed by atoms with Crippen LogP contribution in [0.5, 0.6) is 5.75 Å². The second-order valence-corrected chi connectivity index (χ2v) is 8.46. The third-order valence-electron chi connectivity index (χ3n) is 4.29. The van der Waals surface area contributed by atoms with E-state index < -0.39 is 10.0 Å². The maximum atomic E-state index is 11.8. The van der Waals surface area contributed by atoms with Crippen molar-refractivity contribution in [1.29, 1.82) is 0 Å².